The van der Waals surface area contributed by atoms with Crippen LogP contribution < -0.4 is 5.32 Å². The molecule has 2 unspecified atom stereocenters. The number of amides is 2. The Kier molecular flexibility index (Phi) is 7.78. The molecule has 0 saturated carbocycles. The number of carbonyl (C=O) groups is 4. The monoisotopic (exact) mass is 589 g/mol. The molecule has 3 aromatic rings. The number of hydrogen-bond donors (Lipinski definition) is 2. The van der Waals surface area contributed by atoms with E-state index in [4.69, 9.17) is 4.74 Å². The lowest BCUT2D eigenvalue weighted by molar-refractivity contribution is -0.151. The molecule has 15 heteroatoms. The number of pyridine rings is 1. The molecule has 0 aromatic carbocycles. The molecule has 0 aliphatic carbocycles. The summed E-state index contributed by atoms with van der Waals surface area (Å²) in [5, 5.41) is 22.5. The number of β-lactam (4-membered cyclic amide) rings is 1. The van der Waals surface area contributed by atoms with Crippen molar-refractivity contribution in [1.82, 2.24) is 25.4 Å². The average Bonchev–Trinajstić information content (AvgIpc) is 3.60. The van der Waals surface area contributed by atoms with Crippen LogP contribution in [0, 0.1) is 6.92 Å². The second kappa shape index (κ2) is 11.2. The third-order valence-electron chi connectivity index (χ3n) is 5.59. The van der Waals surface area contributed by atoms with Gasteiger partial charge in [0.2, 0.25) is 6.10 Å². The van der Waals surface area contributed by atoms with Gasteiger partial charge in [0.05, 0.1) is 10.4 Å². The summed E-state index contributed by atoms with van der Waals surface area (Å²) in [4.78, 5) is 56.7. The highest BCUT2D eigenvalue weighted by Gasteiger charge is 2.54. The molecule has 0 radical (unpaired) electrons. The zero-order valence-electron chi connectivity index (χ0n) is 19.6. The maximum absolute atomic E-state index is 13.3. The number of thioether (sulfide) groups is 2. The van der Waals surface area contributed by atoms with E-state index >= 15 is 0 Å². The number of aryl methyl sites for hydroxylation is 1. The van der Waals surface area contributed by atoms with E-state index in [1.165, 1.54) is 69.6 Å². The predicted octanol–water partition coefficient (Wildman–Crippen LogP) is 2.73. The molecule has 0 spiro atoms. The number of esters is 1. The van der Waals surface area contributed by atoms with Gasteiger partial charge in [-0.2, -0.15) is 0 Å². The third kappa shape index (κ3) is 5.32. The van der Waals surface area contributed by atoms with Crippen LogP contribution >= 0.6 is 46.2 Å². The number of carbonyl (C=O) groups excluding carboxylic acids is 3. The number of aliphatic carboxylic acids is 1. The van der Waals surface area contributed by atoms with Crippen LogP contribution in [-0.4, -0.2) is 71.9 Å². The van der Waals surface area contributed by atoms with Crippen LogP contribution in [0.25, 0.3) is 0 Å². The van der Waals surface area contributed by atoms with Gasteiger partial charge >= 0.3 is 11.9 Å². The molecule has 2 N–H and O–H groups in total. The van der Waals surface area contributed by atoms with E-state index in [0.29, 0.717) is 26.3 Å². The molecule has 3 aromatic heterocycles. The molecule has 2 aliphatic heterocycles. The minimum absolute atomic E-state index is 0.0733. The molecule has 5 rings (SSSR count). The summed E-state index contributed by atoms with van der Waals surface area (Å²) >= 11 is 5.37. The van der Waals surface area contributed by atoms with Crippen molar-refractivity contribution in [2.45, 2.75) is 28.8 Å². The van der Waals surface area contributed by atoms with Crippen molar-refractivity contribution in [3.63, 3.8) is 0 Å². The maximum Gasteiger partial charge on any atom is 0.352 e. The number of carboxylic acids is 1. The smallest absolute Gasteiger partial charge is 0.352 e. The van der Waals surface area contributed by atoms with Crippen LogP contribution in [0.5, 0.6) is 0 Å². The average molecular weight is 590 g/mol. The van der Waals surface area contributed by atoms with Crippen molar-refractivity contribution >= 4 is 70.0 Å². The molecule has 11 nitrogen and oxygen atoms in total. The molecule has 2 amide bonds. The molecule has 1 fully saturated rings. The number of thiophene rings is 1. The summed E-state index contributed by atoms with van der Waals surface area (Å²) in [5.74, 6) is -2.43. The van der Waals surface area contributed by atoms with Gasteiger partial charge in [-0.15, -0.1) is 33.3 Å². The van der Waals surface area contributed by atoms with Gasteiger partial charge < -0.3 is 15.2 Å². The number of hydrogen-bond acceptors (Lipinski definition) is 12. The van der Waals surface area contributed by atoms with Crippen molar-refractivity contribution in [2.24, 2.45) is 0 Å². The van der Waals surface area contributed by atoms with Crippen molar-refractivity contribution in [1.29, 1.82) is 0 Å². The number of nitrogens with one attached hydrogen (secondary N) is 1. The molecular weight excluding hydrogens is 571 g/mol. The first kappa shape index (κ1) is 26.3. The minimum atomic E-state index is -1.28. The van der Waals surface area contributed by atoms with Gasteiger partial charge in [0.25, 0.3) is 11.8 Å². The Hall–Kier alpha value is -3.27. The molecule has 0 bridgehead atoms. The van der Waals surface area contributed by atoms with E-state index in [9.17, 15) is 24.3 Å². The summed E-state index contributed by atoms with van der Waals surface area (Å²) in [5.41, 5.74) is 0.702. The number of nitrogens with zero attached hydrogens (tertiary/aromatic N) is 4. The first-order chi connectivity index (χ1) is 18.3. The topological polar surface area (TPSA) is 152 Å². The van der Waals surface area contributed by atoms with Crippen LogP contribution in [0.1, 0.15) is 26.3 Å². The zero-order valence-corrected chi connectivity index (χ0v) is 22.9. The van der Waals surface area contributed by atoms with Gasteiger partial charge in [0, 0.05) is 23.9 Å². The first-order valence-corrected chi connectivity index (χ1v) is 14.8. The number of carboxylic acid groups (broad SMARTS) is 1. The molecule has 3 atom stereocenters. The Labute approximate surface area is 232 Å². The molecule has 38 heavy (non-hydrogen) atoms. The Balaban J connectivity index is 1.30. The van der Waals surface area contributed by atoms with Gasteiger partial charge in [-0.25, -0.2) is 9.59 Å². The fraction of sp³-hybridized carbons (Fsp3) is 0.261. The molecular formula is C23H19N5O6S4. The lowest BCUT2D eigenvalue weighted by Crippen LogP contribution is -2.71. The maximum atomic E-state index is 13.3. The predicted molar refractivity (Wildman–Crippen MR) is 142 cm³/mol. The lowest BCUT2D eigenvalue weighted by atomic mass is 10.0. The Bertz CT molecular complexity index is 1410. The van der Waals surface area contributed by atoms with E-state index in [1.807, 2.05) is 6.92 Å². The van der Waals surface area contributed by atoms with Gasteiger partial charge in [0.1, 0.15) is 22.1 Å². The highest BCUT2D eigenvalue weighted by atomic mass is 32.2. The summed E-state index contributed by atoms with van der Waals surface area (Å²) in [6, 6.07) is 5.52. The van der Waals surface area contributed by atoms with Crippen LogP contribution in [-0.2, 0) is 19.1 Å². The molecule has 2 aliphatic rings. The number of rotatable bonds is 9. The third-order valence-corrected chi connectivity index (χ3v) is 9.90. The van der Waals surface area contributed by atoms with Crippen molar-refractivity contribution in [3.8, 4) is 0 Å². The zero-order chi connectivity index (χ0) is 26.8. The Morgan fingerprint density at radius 2 is 2.13 bits per heavy atom. The van der Waals surface area contributed by atoms with Gasteiger partial charge in [-0.3, -0.25) is 19.5 Å². The van der Waals surface area contributed by atoms with Crippen LogP contribution in [0.15, 0.2) is 57.6 Å². The van der Waals surface area contributed by atoms with Crippen LogP contribution in [0.3, 0.4) is 0 Å². The number of ether oxygens (including phenoxy) is 1. The van der Waals surface area contributed by atoms with E-state index in [1.54, 1.807) is 23.6 Å². The van der Waals surface area contributed by atoms with Crippen molar-refractivity contribution in [2.75, 3.05) is 11.5 Å². The minimum Gasteiger partial charge on any atom is -0.477 e. The van der Waals surface area contributed by atoms with E-state index in [-0.39, 0.29) is 11.3 Å². The molecule has 1 saturated heterocycles. The quantitative estimate of drug-likeness (QED) is 0.215. The number of aromatic nitrogens is 3. The molecule has 5 heterocycles. The highest BCUT2D eigenvalue weighted by molar-refractivity contribution is 8.01. The van der Waals surface area contributed by atoms with Crippen LogP contribution in [0.2, 0.25) is 0 Å². The van der Waals surface area contributed by atoms with E-state index < -0.39 is 41.3 Å². The van der Waals surface area contributed by atoms with Crippen LogP contribution in [0.4, 0.5) is 0 Å². The first-order valence-electron chi connectivity index (χ1n) is 11.1. The highest BCUT2D eigenvalue weighted by Crippen LogP contribution is 2.42. The lowest BCUT2D eigenvalue weighted by Gasteiger charge is -2.49. The normalized spacial score (nSPS) is 19.4. The van der Waals surface area contributed by atoms with Crippen molar-refractivity contribution < 1.29 is 29.0 Å². The molecule has 196 valence electrons. The second-order valence-corrected chi connectivity index (χ2v) is 12.6. The van der Waals surface area contributed by atoms with E-state index in [2.05, 4.69) is 20.5 Å². The summed E-state index contributed by atoms with van der Waals surface area (Å²) < 4.78 is 6.22. The largest absolute Gasteiger partial charge is 0.477 e. The second-order valence-electron chi connectivity index (χ2n) is 8.07. The fourth-order valence-electron chi connectivity index (χ4n) is 3.85. The summed E-state index contributed by atoms with van der Waals surface area (Å²) in [6.07, 6.45) is 1.56. The SMILES string of the molecule is Cc1nnc(SCC2=C(C(=O)O)N3C(=O)C(NC(=O)C(OC(=O)c4cccnc4)c4cccs4)[C@H]3SC2)s1. The fourth-order valence-corrected chi connectivity index (χ4v) is 7.90. The Morgan fingerprint density at radius 3 is 2.79 bits per heavy atom. The van der Waals surface area contributed by atoms with Gasteiger partial charge in [-0.1, -0.05) is 29.2 Å². The standard InChI is InChI=1S/C23H19N5O6S4/c1-11-26-27-23(38-11)37-10-13-9-36-20-15(19(30)28(20)16(13)21(31)32)25-18(29)17(14-5-3-7-35-14)34-22(33)12-4-2-6-24-8-12/h2-8,15,17,20H,9-10H2,1H3,(H,25,29)(H,31,32)/t15?,17?,20-/m1/s1. The van der Waals surface area contributed by atoms with E-state index in [0.717, 1.165) is 5.01 Å². The number of fused-ring (bicyclic) bond motifs is 1. The van der Waals surface area contributed by atoms with Gasteiger partial charge in [0.15, 0.2) is 4.34 Å². The van der Waals surface area contributed by atoms with Crippen molar-refractivity contribution in [3.05, 3.63) is 68.8 Å². The Morgan fingerprint density at radius 1 is 1.29 bits per heavy atom. The summed E-state index contributed by atoms with van der Waals surface area (Å²) in [6.45, 7) is 1.83. The summed E-state index contributed by atoms with van der Waals surface area (Å²) in [7, 11) is 0. The van der Waals surface area contributed by atoms with Gasteiger partial charge in [-0.05, 0) is 36.1 Å².